The number of aliphatic hydroxyl groups is 1. The highest BCUT2D eigenvalue weighted by Gasteiger charge is 2.26. The van der Waals surface area contributed by atoms with Crippen molar-refractivity contribution in [2.45, 2.75) is 52.3 Å². The molecule has 5 heteroatoms. The van der Waals surface area contributed by atoms with Crippen LogP contribution in [0.25, 0.3) is 0 Å². The van der Waals surface area contributed by atoms with Gasteiger partial charge >= 0.3 is 6.09 Å². The molecule has 5 nitrogen and oxygen atoms in total. The number of carbonyl (C=O) groups is 1. The van der Waals surface area contributed by atoms with E-state index in [1.165, 1.54) is 5.56 Å². The van der Waals surface area contributed by atoms with Crippen LogP contribution in [-0.2, 0) is 13.0 Å². The molecule has 1 heterocycles. The Balaban J connectivity index is 1.96. The summed E-state index contributed by atoms with van der Waals surface area (Å²) in [6, 6.07) is 8.22. The van der Waals surface area contributed by atoms with Crippen LogP contribution < -0.4 is 5.32 Å². The predicted octanol–water partition coefficient (Wildman–Crippen LogP) is 2.48. The van der Waals surface area contributed by atoms with Crippen molar-refractivity contribution in [3.63, 3.8) is 0 Å². The summed E-state index contributed by atoms with van der Waals surface area (Å²) in [7, 11) is 0. The first kappa shape index (κ1) is 17.8. The Kier molecular flexibility index (Phi) is 5.65. The molecule has 0 radical (unpaired) electrons. The minimum atomic E-state index is -0.978. The van der Waals surface area contributed by atoms with Crippen LogP contribution >= 0.6 is 0 Å². The van der Waals surface area contributed by atoms with Gasteiger partial charge in [0.1, 0.15) is 0 Å². The molecular formula is C18H28N2O3. The van der Waals surface area contributed by atoms with Gasteiger partial charge in [0.15, 0.2) is 0 Å². The zero-order chi connectivity index (χ0) is 17.0. The third-order valence-electron chi connectivity index (χ3n) is 4.46. The molecule has 1 aromatic carbocycles. The number of likely N-dealkylation sites (tertiary alicyclic amines) is 1. The van der Waals surface area contributed by atoms with Gasteiger partial charge in [-0.3, -0.25) is 4.90 Å². The van der Waals surface area contributed by atoms with Crippen molar-refractivity contribution >= 4 is 6.09 Å². The molecule has 0 spiro atoms. The summed E-state index contributed by atoms with van der Waals surface area (Å²) >= 11 is 0. The fourth-order valence-electron chi connectivity index (χ4n) is 2.95. The molecule has 0 aromatic heterocycles. The van der Waals surface area contributed by atoms with Crippen LogP contribution in [0, 0.1) is 5.41 Å². The number of β-amino-alcohol motifs (C(OH)–C–C–N with tert-alkyl or cyclic N) is 1. The summed E-state index contributed by atoms with van der Waals surface area (Å²) in [6.45, 7) is 8.67. The second-order valence-corrected chi connectivity index (χ2v) is 7.57. The smallest absolute Gasteiger partial charge is 0.404 e. The molecule has 1 saturated heterocycles. The average Bonchev–Trinajstić information content (AvgIpc) is 2.84. The van der Waals surface area contributed by atoms with E-state index in [1.54, 1.807) is 0 Å². The van der Waals surface area contributed by atoms with Crippen molar-refractivity contribution in [3.8, 4) is 0 Å². The van der Waals surface area contributed by atoms with E-state index in [1.807, 2.05) is 20.8 Å². The Morgan fingerprint density at radius 2 is 1.91 bits per heavy atom. The summed E-state index contributed by atoms with van der Waals surface area (Å²) in [6.07, 6.45) is 0.364. The highest BCUT2D eigenvalue weighted by molar-refractivity contribution is 5.65. The molecule has 2 unspecified atom stereocenters. The highest BCUT2D eigenvalue weighted by Crippen LogP contribution is 2.23. The predicted molar refractivity (Wildman–Crippen MR) is 90.5 cm³/mol. The first-order valence-electron chi connectivity index (χ1n) is 8.22. The lowest BCUT2D eigenvalue weighted by Gasteiger charge is -2.30. The van der Waals surface area contributed by atoms with E-state index in [0.717, 1.165) is 31.6 Å². The molecule has 0 aliphatic carbocycles. The first-order valence-corrected chi connectivity index (χ1v) is 8.22. The van der Waals surface area contributed by atoms with Crippen LogP contribution in [0.1, 0.15) is 38.3 Å². The molecule has 1 amide bonds. The minimum Gasteiger partial charge on any atom is -0.465 e. The van der Waals surface area contributed by atoms with E-state index < -0.39 is 6.09 Å². The fourth-order valence-corrected chi connectivity index (χ4v) is 2.95. The quantitative estimate of drug-likeness (QED) is 0.779. The second kappa shape index (κ2) is 7.32. The molecule has 1 aromatic rings. The van der Waals surface area contributed by atoms with Crippen molar-refractivity contribution < 1.29 is 15.0 Å². The Hall–Kier alpha value is -1.59. The molecule has 2 atom stereocenters. The minimum absolute atomic E-state index is 0.125. The van der Waals surface area contributed by atoms with E-state index in [4.69, 9.17) is 5.11 Å². The van der Waals surface area contributed by atoms with Gasteiger partial charge in [-0.1, -0.05) is 45.0 Å². The number of nitrogens with one attached hydrogen (secondary N) is 1. The third kappa shape index (κ3) is 5.52. The summed E-state index contributed by atoms with van der Waals surface area (Å²) < 4.78 is 0. The maximum atomic E-state index is 11.0. The average molecular weight is 320 g/mol. The number of rotatable bonds is 5. The molecule has 0 saturated carbocycles. The molecular weight excluding hydrogens is 292 g/mol. The number of carboxylic acid groups (broad SMARTS) is 1. The zero-order valence-corrected chi connectivity index (χ0v) is 14.2. The topological polar surface area (TPSA) is 72.8 Å². The van der Waals surface area contributed by atoms with Gasteiger partial charge in [0.05, 0.1) is 6.10 Å². The Morgan fingerprint density at radius 1 is 1.30 bits per heavy atom. The van der Waals surface area contributed by atoms with Gasteiger partial charge in [-0.2, -0.15) is 0 Å². The van der Waals surface area contributed by atoms with Crippen molar-refractivity contribution in [1.29, 1.82) is 0 Å². The van der Waals surface area contributed by atoms with Crippen LogP contribution in [-0.4, -0.2) is 46.4 Å². The Labute approximate surface area is 138 Å². The molecule has 1 aliphatic heterocycles. The lowest BCUT2D eigenvalue weighted by atomic mass is 9.83. The fraction of sp³-hybridized carbons (Fsp3) is 0.611. The lowest BCUT2D eigenvalue weighted by molar-refractivity contribution is 0.173. The van der Waals surface area contributed by atoms with Gasteiger partial charge in [-0.05, 0) is 29.4 Å². The number of amides is 1. The van der Waals surface area contributed by atoms with Crippen molar-refractivity contribution in [1.82, 2.24) is 10.2 Å². The van der Waals surface area contributed by atoms with Gasteiger partial charge in [0.25, 0.3) is 0 Å². The molecule has 3 N–H and O–H groups in total. The summed E-state index contributed by atoms with van der Waals surface area (Å²) in [5.41, 5.74) is 2.22. The Bertz CT molecular complexity index is 522. The monoisotopic (exact) mass is 320 g/mol. The van der Waals surface area contributed by atoms with E-state index >= 15 is 0 Å². The molecule has 0 bridgehead atoms. The van der Waals surface area contributed by atoms with Gasteiger partial charge in [0.2, 0.25) is 0 Å². The molecule has 23 heavy (non-hydrogen) atoms. The van der Waals surface area contributed by atoms with Crippen molar-refractivity contribution in [2.24, 2.45) is 5.41 Å². The maximum absolute atomic E-state index is 11.0. The number of benzene rings is 1. The van der Waals surface area contributed by atoms with Crippen LogP contribution in [0.5, 0.6) is 0 Å². The van der Waals surface area contributed by atoms with Crippen LogP contribution in [0.15, 0.2) is 24.3 Å². The second-order valence-electron chi connectivity index (χ2n) is 7.57. The normalized spacial score (nSPS) is 20.4. The van der Waals surface area contributed by atoms with Crippen molar-refractivity contribution in [2.75, 3.05) is 13.1 Å². The third-order valence-corrected chi connectivity index (χ3v) is 4.46. The number of nitrogens with zero attached hydrogens (tertiary/aromatic N) is 1. The summed E-state index contributed by atoms with van der Waals surface area (Å²) in [5.74, 6) is 0. The van der Waals surface area contributed by atoms with Crippen LogP contribution in [0.3, 0.4) is 0 Å². The molecule has 1 aliphatic rings. The van der Waals surface area contributed by atoms with Crippen molar-refractivity contribution in [3.05, 3.63) is 35.4 Å². The number of hydrogen-bond donors (Lipinski definition) is 3. The SMILES string of the molecule is CC(C)(C)C(Cc1ccc(CN2CCC(O)C2)cc1)NC(=O)O. The van der Waals surface area contributed by atoms with Crippen LogP contribution in [0.2, 0.25) is 0 Å². The van der Waals surface area contributed by atoms with E-state index in [9.17, 15) is 9.90 Å². The highest BCUT2D eigenvalue weighted by atomic mass is 16.4. The van der Waals surface area contributed by atoms with Gasteiger partial charge < -0.3 is 15.5 Å². The number of hydrogen-bond acceptors (Lipinski definition) is 3. The van der Waals surface area contributed by atoms with E-state index in [0.29, 0.717) is 6.42 Å². The zero-order valence-electron chi connectivity index (χ0n) is 14.2. The molecule has 1 fully saturated rings. The van der Waals surface area contributed by atoms with Crippen LogP contribution in [0.4, 0.5) is 4.79 Å². The van der Waals surface area contributed by atoms with Gasteiger partial charge in [-0.15, -0.1) is 0 Å². The largest absolute Gasteiger partial charge is 0.465 e. The first-order chi connectivity index (χ1) is 10.7. The molecule has 128 valence electrons. The van der Waals surface area contributed by atoms with Gasteiger partial charge in [-0.25, -0.2) is 4.79 Å². The molecule has 2 rings (SSSR count). The standard InChI is InChI=1S/C18H28N2O3/c1-18(2,3)16(19-17(22)23)10-13-4-6-14(7-5-13)11-20-9-8-15(21)12-20/h4-7,15-16,19,21H,8-12H2,1-3H3,(H,22,23). The summed E-state index contributed by atoms with van der Waals surface area (Å²) in [5, 5.41) is 21.2. The number of aliphatic hydroxyl groups excluding tert-OH is 1. The lowest BCUT2D eigenvalue weighted by Crippen LogP contribution is -2.44. The Morgan fingerprint density at radius 3 is 2.39 bits per heavy atom. The summed E-state index contributed by atoms with van der Waals surface area (Å²) in [4.78, 5) is 13.2. The van der Waals surface area contributed by atoms with Gasteiger partial charge in [0, 0.05) is 25.7 Å². The van der Waals surface area contributed by atoms with E-state index in [2.05, 4.69) is 34.5 Å². The van der Waals surface area contributed by atoms with E-state index in [-0.39, 0.29) is 17.6 Å². The maximum Gasteiger partial charge on any atom is 0.404 e.